The molecule has 0 fully saturated rings. The maximum atomic E-state index is 5.05. The number of aromatic nitrogens is 3. The summed E-state index contributed by atoms with van der Waals surface area (Å²) < 4.78 is 0. The topological polar surface area (TPSA) is 38.7 Å². The van der Waals surface area contributed by atoms with Gasteiger partial charge in [0.15, 0.2) is 0 Å². The van der Waals surface area contributed by atoms with E-state index in [1.165, 1.54) is 16.3 Å². The van der Waals surface area contributed by atoms with Crippen LogP contribution in [0.3, 0.4) is 0 Å². The van der Waals surface area contributed by atoms with Crippen molar-refractivity contribution >= 4 is 32.6 Å². The van der Waals surface area contributed by atoms with E-state index in [4.69, 9.17) is 4.98 Å². The van der Waals surface area contributed by atoms with Crippen LogP contribution in [0, 0.1) is 0 Å². The predicted molar refractivity (Wildman–Crippen MR) is 123 cm³/mol. The van der Waals surface area contributed by atoms with E-state index in [1.54, 1.807) is 6.20 Å². The summed E-state index contributed by atoms with van der Waals surface area (Å²) in [6.45, 7) is 0. The van der Waals surface area contributed by atoms with Crippen molar-refractivity contribution in [3.8, 4) is 22.4 Å². The Kier molecular flexibility index (Phi) is 3.78. The van der Waals surface area contributed by atoms with Gasteiger partial charge in [-0.2, -0.15) is 0 Å². The molecule has 0 aliphatic carbocycles. The van der Waals surface area contributed by atoms with E-state index < -0.39 is 0 Å². The van der Waals surface area contributed by atoms with E-state index in [2.05, 4.69) is 82.8 Å². The van der Waals surface area contributed by atoms with Gasteiger partial charge in [0.25, 0.3) is 0 Å². The molecule has 0 atom stereocenters. The van der Waals surface area contributed by atoms with Crippen molar-refractivity contribution in [3.63, 3.8) is 0 Å². The second kappa shape index (κ2) is 6.75. The number of rotatable bonds is 2. The zero-order valence-electron chi connectivity index (χ0n) is 16.2. The van der Waals surface area contributed by atoms with Crippen LogP contribution in [0.1, 0.15) is 0 Å². The van der Waals surface area contributed by atoms with E-state index in [0.29, 0.717) is 0 Å². The van der Waals surface area contributed by atoms with Gasteiger partial charge < -0.3 is 0 Å². The van der Waals surface area contributed by atoms with Crippen LogP contribution in [0.15, 0.2) is 104 Å². The van der Waals surface area contributed by atoms with Crippen molar-refractivity contribution in [1.82, 2.24) is 15.0 Å². The predicted octanol–water partition coefficient (Wildman–Crippen LogP) is 6.67. The van der Waals surface area contributed by atoms with Gasteiger partial charge in [-0.05, 0) is 34.5 Å². The van der Waals surface area contributed by atoms with E-state index in [1.807, 2.05) is 24.5 Å². The third-order valence-electron chi connectivity index (χ3n) is 5.60. The minimum absolute atomic E-state index is 0.936. The highest BCUT2D eigenvalue weighted by Gasteiger charge is 2.12. The van der Waals surface area contributed by atoms with Gasteiger partial charge in [0.2, 0.25) is 0 Å². The number of hydrogen-bond donors (Lipinski definition) is 0. The molecule has 3 aromatic heterocycles. The number of nitrogens with zero attached hydrogens (tertiary/aromatic N) is 3. The molecule has 0 aliphatic rings. The molecule has 0 spiro atoms. The summed E-state index contributed by atoms with van der Waals surface area (Å²) in [5, 5.41) is 4.58. The molecule has 0 amide bonds. The summed E-state index contributed by atoms with van der Waals surface area (Å²) in [5.41, 5.74) is 6.24. The summed E-state index contributed by atoms with van der Waals surface area (Å²) >= 11 is 0. The van der Waals surface area contributed by atoms with E-state index in [9.17, 15) is 0 Å². The maximum Gasteiger partial charge on any atom is 0.0972 e. The average Bonchev–Trinajstić information content (AvgIpc) is 2.83. The molecule has 0 radical (unpaired) electrons. The van der Waals surface area contributed by atoms with Crippen LogP contribution in [0.2, 0.25) is 0 Å². The minimum atomic E-state index is 0.936. The van der Waals surface area contributed by atoms with Crippen molar-refractivity contribution in [2.45, 2.75) is 0 Å². The Morgan fingerprint density at radius 2 is 1.27 bits per heavy atom. The van der Waals surface area contributed by atoms with Crippen LogP contribution < -0.4 is 0 Å². The summed E-state index contributed by atoms with van der Waals surface area (Å²) in [5.74, 6) is 0. The van der Waals surface area contributed by atoms with E-state index in [-0.39, 0.29) is 0 Å². The van der Waals surface area contributed by atoms with Crippen LogP contribution in [-0.2, 0) is 0 Å². The fraction of sp³-hybridized carbons (Fsp3) is 0. The molecule has 0 saturated carbocycles. The Morgan fingerprint density at radius 1 is 0.533 bits per heavy atom. The van der Waals surface area contributed by atoms with Crippen LogP contribution in [0.25, 0.3) is 55.0 Å². The number of pyridine rings is 3. The van der Waals surface area contributed by atoms with Gasteiger partial charge in [0.05, 0.1) is 16.7 Å². The Hall–Kier alpha value is -4.11. The van der Waals surface area contributed by atoms with Crippen LogP contribution >= 0.6 is 0 Å². The Bertz CT molecular complexity index is 1540. The van der Waals surface area contributed by atoms with Crippen molar-refractivity contribution < 1.29 is 0 Å². The molecule has 0 unspecified atom stereocenters. The van der Waals surface area contributed by atoms with Gasteiger partial charge in [-0.1, -0.05) is 66.7 Å². The first-order valence-corrected chi connectivity index (χ1v) is 9.95. The second-order valence-corrected chi connectivity index (χ2v) is 7.36. The lowest BCUT2D eigenvalue weighted by Gasteiger charge is -2.12. The molecule has 3 heterocycles. The van der Waals surface area contributed by atoms with Crippen molar-refractivity contribution in [1.29, 1.82) is 0 Å². The monoisotopic (exact) mass is 383 g/mol. The standard InChI is InChI=1S/C27H17N3/c1-2-8-23-22(7-1)21(20-6-3-15-28-17-20)12-13-24(23)25-14-11-19-10-9-18-5-4-16-29-26(18)27(19)30-25/h1-17H. The van der Waals surface area contributed by atoms with Crippen LogP contribution in [-0.4, -0.2) is 15.0 Å². The zero-order valence-corrected chi connectivity index (χ0v) is 16.2. The van der Waals surface area contributed by atoms with Gasteiger partial charge in [0.1, 0.15) is 0 Å². The number of hydrogen-bond acceptors (Lipinski definition) is 3. The lowest BCUT2D eigenvalue weighted by molar-refractivity contribution is 1.33. The van der Waals surface area contributed by atoms with Gasteiger partial charge in [-0.3, -0.25) is 9.97 Å². The Morgan fingerprint density at radius 3 is 2.10 bits per heavy atom. The lowest BCUT2D eigenvalue weighted by atomic mass is 9.94. The number of fused-ring (bicyclic) bond motifs is 4. The van der Waals surface area contributed by atoms with Crippen molar-refractivity contribution in [2.24, 2.45) is 0 Å². The first-order chi connectivity index (χ1) is 14.9. The molecular weight excluding hydrogens is 366 g/mol. The quantitative estimate of drug-likeness (QED) is 0.314. The summed E-state index contributed by atoms with van der Waals surface area (Å²) in [6, 6.07) is 29.4. The molecule has 3 nitrogen and oxygen atoms in total. The Labute approximate surface area is 173 Å². The minimum Gasteiger partial charge on any atom is -0.264 e. The van der Waals surface area contributed by atoms with Crippen LogP contribution in [0.5, 0.6) is 0 Å². The smallest absolute Gasteiger partial charge is 0.0972 e. The highest BCUT2D eigenvalue weighted by Crippen LogP contribution is 2.35. The fourth-order valence-electron chi connectivity index (χ4n) is 4.17. The molecule has 0 aliphatic heterocycles. The highest BCUT2D eigenvalue weighted by molar-refractivity contribution is 6.07. The maximum absolute atomic E-state index is 5.05. The van der Waals surface area contributed by atoms with Gasteiger partial charge in [-0.15, -0.1) is 0 Å². The molecule has 3 heteroatoms. The molecule has 0 N–H and O–H groups in total. The second-order valence-electron chi connectivity index (χ2n) is 7.36. The molecule has 3 aromatic carbocycles. The summed E-state index contributed by atoms with van der Waals surface area (Å²) in [7, 11) is 0. The van der Waals surface area contributed by atoms with Crippen molar-refractivity contribution in [3.05, 3.63) is 104 Å². The highest BCUT2D eigenvalue weighted by atomic mass is 14.8. The van der Waals surface area contributed by atoms with Gasteiger partial charge >= 0.3 is 0 Å². The lowest BCUT2D eigenvalue weighted by Crippen LogP contribution is -1.91. The van der Waals surface area contributed by atoms with Crippen LogP contribution in [0.4, 0.5) is 0 Å². The molecule has 6 aromatic rings. The number of benzene rings is 3. The van der Waals surface area contributed by atoms with E-state index in [0.717, 1.165) is 38.6 Å². The Balaban J connectivity index is 1.62. The van der Waals surface area contributed by atoms with E-state index >= 15 is 0 Å². The molecule has 0 saturated heterocycles. The molecule has 6 rings (SSSR count). The zero-order chi connectivity index (χ0) is 19.9. The third-order valence-corrected chi connectivity index (χ3v) is 5.60. The molecule has 30 heavy (non-hydrogen) atoms. The normalized spacial score (nSPS) is 11.3. The molecule has 0 bridgehead atoms. The average molecular weight is 383 g/mol. The molecular formula is C27H17N3. The first kappa shape index (κ1) is 16.8. The summed E-state index contributed by atoms with van der Waals surface area (Å²) in [6.07, 6.45) is 5.54. The van der Waals surface area contributed by atoms with Gasteiger partial charge in [-0.25, -0.2) is 4.98 Å². The third kappa shape index (κ3) is 2.64. The fourth-order valence-corrected chi connectivity index (χ4v) is 4.17. The summed E-state index contributed by atoms with van der Waals surface area (Å²) in [4.78, 5) is 13.9. The first-order valence-electron chi connectivity index (χ1n) is 9.95. The van der Waals surface area contributed by atoms with Gasteiger partial charge in [0, 0.05) is 40.5 Å². The SMILES string of the molecule is c1cncc(-c2ccc(-c3ccc4ccc5cccnc5c4n3)c3ccccc23)c1. The largest absolute Gasteiger partial charge is 0.264 e. The van der Waals surface area contributed by atoms with Crippen molar-refractivity contribution in [2.75, 3.05) is 0 Å². The molecule has 140 valence electrons.